The maximum absolute atomic E-state index is 5.96. The van der Waals surface area contributed by atoms with Gasteiger partial charge in [-0.1, -0.05) is 25.1 Å². The third-order valence-electron chi connectivity index (χ3n) is 3.32. The predicted octanol–water partition coefficient (Wildman–Crippen LogP) is 3.32. The van der Waals surface area contributed by atoms with Crippen LogP contribution in [0.4, 0.5) is 0 Å². The average Bonchev–Trinajstić information content (AvgIpc) is 2.46. The summed E-state index contributed by atoms with van der Waals surface area (Å²) in [6.45, 7) is 6.66. The highest BCUT2D eigenvalue weighted by molar-refractivity contribution is 5.27. The lowest BCUT2D eigenvalue weighted by Crippen LogP contribution is -2.31. The average molecular weight is 248 g/mol. The van der Waals surface area contributed by atoms with Crippen LogP contribution in [-0.4, -0.2) is 19.8 Å². The molecule has 1 saturated heterocycles. The fourth-order valence-electron chi connectivity index (χ4n) is 2.03. The fraction of sp³-hybridized carbons (Fsp3) is 0.467. The van der Waals surface area contributed by atoms with Crippen molar-refractivity contribution in [3.63, 3.8) is 0 Å². The van der Waals surface area contributed by atoms with Gasteiger partial charge in [-0.3, -0.25) is 0 Å². The van der Waals surface area contributed by atoms with Gasteiger partial charge in [0.1, 0.15) is 5.75 Å². The van der Waals surface area contributed by atoms with Crippen LogP contribution >= 0.6 is 0 Å². The van der Waals surface area contributed by atoms with Gasteiger partial charge in [-0.2, -0.15) is 0 Å². The molecule has 1 heterocycles. The van der Waals surface area contributed by atoms with Crippen LogP contribution in [-0.2, 0) is 9.47 Å². The first kappa shape index (κ1) is 13.1. The van der Waals surface area contributed by atoms with Crippen LogP contribution in [0.5, 0.6) is 5.75 Å². The molecule has 1 aliphatic heterocycles. The summed E-state index contributed by atoms with van der Waals surface area (Å²) < 4.78 is 16.8. The van der Waals surface area contributed by atoms with Crippen LogP contribution in [0.15, 0.2) is 36.9 Å². The second kappa shape index (κ2) is 6.03. The van der Waals surface area contributed by atoms with Crippen LogP contribution < -0.4 is 4.74 Å². The Morgan fingerprint density at radius 3 is 2.72 bits per heavy atom. The normalized spacial score (nSPS) is 25.4. The van der Waals surface area contributed by atoms with E-state index in [1.54, 1.807) is 7.11 Å². The monoisotopic (exact) mass is 248 g/mol. The Morgan fingerprint density at radius 1 is 1.39 bits per heavy atom. The van der Waals surface area contributed by atoms with Gasteiger partial charge in [0.2, 0.25) is 0 Å². The van der Waals surface area contributed by atoms with Crippen molar-refractivity contribution in [3.05, 3.63) is 42.5 Å². The van der Waals surface area contributed by atoms with E-state index in [2.05, 4.69) is 13.5 Å². The summed E-state index contributed by atoms with van der Waals surface area (Å²) in [7, 11) is 1.66. The molecule has 3 nitrogen and oxygen atoms in total. The molecular formula is C15H20O3. The zero-order valence-electron chi connectivity index (χ0n) is 11.0. The minimum absolute atomic E-state index is 0.184. The topological polar surface area (TPSA) is 27.7 Å². The van der Waals surface area contributed by atoms with Crippen LogP contribution in [0, 0.1) is 5.92 Å². The number of hydrogen-bond acceptors (Lipinski definition) is 3. The lowest BCUT2D eigenvalue weighted by Gasteiger charge is -2.32. The van der Waals surface area contributed by atoms with E-state index in [9.17, 15) is 0 Å². The number of ether oxygens (including phenoxy) is 3. The van der Waals surface area contributed by atoms with Gasteiger partial charge in [-0.05, 0) is 18.6 Å². The van der Waals surface area contributed by atoms with Crippen molar-refractivity contribution < 1.29 is 14.2 Å². The summed E-state index contributed by atoms with van der Waals surface area (Å²) in [5, 5.41) is 0. The lowest BCUT2D eigenvalue weighted by molar-refractivity contribution is -0.224. The van der Waals surface area contributed by atoms with Gasteiger partial charge in [-0.25, -0.2) is 0 Å². The fourth-order valence-corrected chi connectivity index (χ4v) is 2.03. The van der Waals surface area contributed by atoms with Gasteiger partial charge >= 0.3 is 0 Å². The molecule has 0 bridgehead atoms. The molecule has 1 aromatic carbocycles. The first-order chi connectivity index (χ1) is 8.74. The molecule has 0 radical (unpaired) electrons. The predicted molar refractivity (Wildman–Crippen MR) is 70.5 cm³/mol. The zero-order chi connectivity index (χ0) is 13.0. The van der Waals surface area contributed by atoms with Crippen molar-refractivity contribution in [1.82, 2.24) is 0 Å². The molecule has 2 rings (SSSR count). The maximum atomic E-state index is 5.96. The molecule has 3 heteroatoms. The quantitative estimate of drug-likeness (QED) is 0.765. The highest BCUT2D eigenvalue weighted by atomic mass is 16.7. The molecule has 0 amide bonds. The van der Waals surface area contributed by atoms with E-state index >= 15 is 0 Å². The molecule has 0 aliphatic carbocycles. The molecule has 1 aliphatic rings. The van der Waals surface area contributed by atoms with Crippen LogP contribution in [0.3, 0.4) is 0 Å². The second-order valence-electron chi connectivity index (χ2n) is 4.53. The Bertz CT molecular complexity index is 385. The van der Waals surface area contributed by atoms with Gasteiger partial charge in [0, 0.05) is 11.5 Å². The number of benzene rings is 1. The smallest absolute Gasteiger partial charge is 0.184 e. The SMILES string of the molecule is C=C[C@H](C)[C@H]1CCOC(c2ccc(OC)cc2)O1. The third-order valence-corrected chi connectivity index (χ3v) is 3.32. The highest BCUT2D eigenvalue weighted by Gasteiger charge is 2.26. The summed E-state index contributed by atoms with van der Waals surface area (Å²) in [5.41, 5.74) is 1.02. The summed E-state index contributed by atoms with van der Waals surface area (Å²) in [4.78, 5) is 0. The summed E-state index contributed by atoms with van der Waals surface area (Å²) in [5.74, 6) is 1.18. The number of rotatable bonds is 4. The molecule has 1 fully saturated rings. The molecule has 0 saturated carbocycles. The van der Waals surface area contributed by atoms with Crippen LogP contribution in [0.25, 0.3) is 0 Å². The van der Waals surface area contributed by atoms with Gasteiger partial charge < -0.3 is 14.2 Å². The molecule has 0 aromatic heterocycles. The Balaban J connectivity index is 2.05. The van der Waals surface area contributed by atoms with Crippen molar-refractivity contribution >= 4 is 0 Å². The van der Waals surface area contributed by atoms with Crippen molar-refractivity contribution in [3.8, 4) is 5.75 Å². The van der Waals surface area contributed by atoms with Crippen molar-refractivity contribution in [2.24, 2.45) is 5.92 Å². The molecule has 0 N–H and O–H groups in total. The Morgan fingerprint density at radius 2 is 2.11 bits per heavy atom. The van der Waals surface area contributed by atoms with Gasteiger partial charge in [0.15, 0.2) is 6.29 Å². The van der Waals surface area contributed by atoms with Crippen LogP contribution in [0.1, 0.15) is 25.2 Å². The minimum Gasteiger partial charge on any atom is -0.497 e. The van der Waals surface area contributed by atoms with E-state index in [1.807, 2.05) is 30.3 Å². The molecular weight excluding hydrogens is 228 g/mol. The van der Waals surface area contributed by atoms with Gasteiger partial charge in [0.25, 0.3) is 0 Å². The van der Waals surface area contributed by atoms with E-state index < -0.39 is 0 Å². The Labute approximate surface area is 108 Å². The van der Waals surface area contributed by atoms with E-state index in [1.165, 1.54) is 0 Å². The Hall–Kier alpha value is -1.32. The summed E-state index contributed by atoms with van der Waals surface area (Å²) in [6.07, 6.45) is 2.75. The van der Waals surface area contributed by atoms with Gasteiger partial charge in [0.05, 0.1) is 19.8 Å². The van der Waals surface area contributed by atoms with E-state index in [4.69, 9.17) is 14.2 Å². The Kier molecular flexibility index (Phi) is 4.39. The van der Waals surface area contributed by atoms with Crippen molar-refractivity contribution in [1.29, 1.82) is 0 Å². The molecule has 0 spiro atoms. The van der Waals surface area contributed by atoms with Crippen LogP contribution in [0.2, 0.25) is 0 Å². The molecule has 1 unspecified atom stereocenters. The highest BCUT2D eigenvalue weighted by Crippen LogP contribution is 2.30. The first-order valence-electron chi connectivity index (χ1n) is 6.28. The molecule has 3 atom stereocenters. The summed E-state index contributed by atoms with van der Waals surface area (Å²) >= 11 is 0. The van der Waals surface area contributed by atoms with Crippen molar-refractivity contribution in [2.75, 3.05) is 13.7 Å². The zero-order valence-corrected chi connectivity index (χ0v) is 11.0. The van der Waals surface area contributed by atoms with E-state index in [0.29, 0.717) is 5.92 Å². The lowest BCUT2D eigenvalue weighted by atomic mass is 10.0. The number of methoxy groups -OCH3 is 1. The van der Waals surface area contributed by atoms with Gasteiger partial charge in [-0.15, -0.1) is 6.58 Å². The first-order valence-corrected chi connectivity index (χ1v) is 6.28. The second-order valence-corrected chi connectivity index (χ2v) is 4.53. The molecule has 1 aromatic rings. The standard InChI is InChI=1S/C15H20O3/c1-4-11(2)14-9-10-17-15(18-14)12-5-7-13(16-3)8-6-12/h4-8,11,14-15H,1,9-10H2,2-3H3/t11-,14+,15?/m0/s1. The molecule has 98 valence electrons. The number of hydrogen-bond donors (Lipinski definition) is 0. The van der Waals surface area contributed by atoms with E-state index in [-0.39, 0.29) is 12.4 Å². The largest absolute Gasteiger partial charge is 0.497 e. The molecule has 18 heavy (non-hydrogen) atoms. The minimum atomic E-state index is -0.281. The summed E-state index contributed by atoms with van der Waals surface area (Å²) in [6, 6.07) is 7.79. The van der Waals surface area contributed by atoms with E-state index in [0.717, 1.165) is 24.3 Å². The third kappa shape index (κ3) is 2.92. The van der Waals surface area contributed by atoms with Crippen molar-refractivity contribution in [2.45, 2.75) is 25.7 Å². The maximum Gasteiger partial charge on any atom is 0.184 e.